The van der Waals surface area contributed by atoms with Gasteiger partial charge < -0.3 is 15.5 Å². The molecule has 3 aromatic rings. The molecule has 32 heavy (non-hydrogen) atoms. The lowest BCUT2D eigenvalue weighted by Gasteiger charge is -2.30. The number of benzene rings is 3. The number of carbonyl (C=O) groups is 2. The molecule has 0 radical (unpaired) electrons. The molecule has 1 aliphatic rings. The molecule has 164 valence electrons. The van der Waals surface area contributed by atoms with E-state index in [2.05, 4.69) is 15.5 Å². The van der Waals surface area contributed by atoms with E-state index < -0.39 is 0 Å². The van der Waals surface area contributed by atoms with Crippen LogP contribution in [-0.4, -0.2) is 24.9 Å². The molecule has 0 aromatic heterocycles. The summed E-state index contributed by atoms with van der Waals surface area (Å²) < 4.78 is 0. The molecule has 0 bridgehead atoms. The predicted octanol–water partition coefficient (Wildman–Crippen LogP) is 6.14. The highest BCUT2D eigenvalue weighted by Crippen LogP contribution is 2.29. The molecule has 0 unspecified atom stereocenters. The minimum Gasteiger partial charge on any atom is -0.371 e. The minimum atomic E-state index is -0.235. The van der Waals surface area contributed by atoms with Crippen LogP contribution in [0.1, 0.15) is 45.5 Å². The van der Waals surface area contributed by atoms with Crippen molar-refractivity contribution in [1.82, 2.24) is 0 Å². The van der Waals surface area contributed by atoms with E-state index in [1.54, 1.807) is 24.3 Å². The van der Waals surface area contributed by atoms with Crippen molar-refractivity contribution < 1.29 is 9.59 Å². The quantitative estimate of drug-likeness (QED) is 0.493. The van der Waals surface area contributed by atoms with Gasteiger partial charge in [0.2, 0.25) is 0 Å². The first kappa shape index (κ1) is 21.9. The molecule has 1 heterocycles. The molecule has 2 N–H and O–H groups in total. The molecule has 0 spiro atoms. The summed E-state index contributed by atoms with van der Waals surface area (Å²) in [5, 5.41) is 6.46. The first-order valence-corrected chi connectivity index (χ1v) is 11.2. The van der Waals surface area contributed by atoms with Crippen molar-refractivity contribution in [3.8, 4) is 0 Å². The standard InChI is InChI=1S/C26H26ClN3O2/c1-18-10-11-21(17-23(18)27)29-26(32)22-16-20(28-25(31)19-8-4-2-5-9-19)12-13-24(22)30-14-6-3-7-15-30/h2,4-5,8-13,16-17H,3,6-7,14-15H2,1H3,(H,28,31)(H,29,32). The van der Waals surface area contributed by atoms with Gasteiger partial charge in [0.05, 0.1) is 5.56 Å². The van der Waals surface area contributed by atoms with Gasteiger partial charge in [-0.1, -0.05) is 35.9 Å². The van der Waals surface area contributed by atoms with Gasteiger partial charge >= 0.3 is 0 Å². The fourth-order valence-electron chi connectivity index (χ4n) is 3.87. The van der Waals surface area contributed by atoms with Gasteiger partial charge in [-0.3, -0.25) is 9.59 Å². The van der Waals surface area contributed by atoms with Crippen LogP contribution < -0.4 is 15.5 Å². The summed E-state index contributed by atoms with van der Waals surface area (Å²) in [7, 11) is 0. The summed E-state index contributed by atoms with van der Waals surface area (Å²) in [4.78, 5) is 28.1. The molecule has 1 saturated heterocycles. The normalized spacial score (nSPS) is 13.5. The summed E-state index contributed by atoms with van der Waals surface area (Å²) in [5.74, 6) is -0.450. The molecule has 1 fully saturated rings. The van der Waals surface area contributed by atoms with E-state index in [0.717, 1.165) is 37.2 Å². The molecule has 1 aliphatic heterocycles. The fourth-order valence-corrected chi connectivity index (χ4v) is 4.05. The van der Waals surface area contributed by atoms with E-state index in [9.17, 15) is 9.59 Å². The van der Waals surface area contributed by atoms with Crippen molar-refractivity contribution in [2.24, 2.45) is 0 Å². The molecule has 0 aliphatic carbocycles. The SMILES string of the molecule is Cc1ccc(NC(=O)c2cc(NC(=O)c3ccccc3)ccc2N2CCCCC2)cc1Cl. The Kier molecular flexibility index (Phi) is 6.76. The second-order valence-corrected chi connectivity index (χ2v) is 8.43. The number of anilines is 3. The van der Waals surface area contributed by atoms with Gasteiger partial charge in [-0.15, -0.1) is 0 Å². The number of hydrogen-bond donors (Lipinski definition) is 2. The van der Waals surface area contributed by atoms with E-state index in [4.69, 9.17) is 11.6 Å². The van der Waals surface area contributed by atoms with E-state index in [1.165, 1.54) is 6.42 Å². The highest BCUT2D eigenvalue weighted by Gasteiger charge is 2.20. The third-order valence-corrected chi connectivity index (χ3v) is 6.07. The number of nitrogens with zero attached hydrogens (tertiary/aromatic N) is 1. The maximum absolute atomic E-state index is 13.3. The van der Waals surface area contributed by atoms with Gasteiger partial charge in [0.25, 0.3) is 11.8 Å². The van der Waals surface area contributed by atoms with Gasteiger partial charge in [0.1, 0.15) is 0 Å². The fraction of sp³-hybridized carbons (Fsp3) is 0.231. The van der Waals surface area contributed by atoms with Crippen LogP contribution in [-0.2, 0) is 0 Å². The second-order valence-electron chi connectivity index (χ2n) is 8.02. The Bertz CT molecular complexity index is 1130. The third-order valence-electron chi connectivity index (χ3n) is 5.66. The number of amides is 2. The van der Waals surface area contributed by atoms with Gasteiger partial charge in [-0.05, 0) is 74.2 Å². The number of aryl methyl sites for hydroxylation is 1. The Hall–Kier alpha value is -3.31. The van der Waals surface area contributed by atoms with E-state index in [0.29, 0.717) is 27.5 Å². The number of nitrogens with one attached hydrogen (secondary N) is 2. The van der Waals surface area contributed by atoms with E-state index in [1.807, 2.05) is 49.4 Å². The average Bonchev–Trinajstić information content (AvgIpc) is 2.82. The van der Waals surface area contributed by atoms with Crippen LogP contribution in [0.25, 0.3) is 0 Å². The third kappa shape index (κ3) is 5.11. The van der Waals surface area contributed by atoms with Gasteiger partial charge in [-0.25, -0.2) is 0 Å². The lowest BCUT2D eigenvalue weighted by Crippen LogP contribution is -2.31. The maximum atomic E-state index is 13.3. The largest absolute Gasteiger partial charge is 0.371 e. The summed E-state index contributed by atoms with van der Waals surface area (Å²) in [6, 6.07) is 20.0. The lowest BCUT2D eigenvalue weighted by molar-refractivity contribution is 0.101. The number of carbonyl (C=O) groups excluding carboxylic acids is 2. The number of rotatable bonds is 5. The average molecular weight is 448 g/mol. The Balaban J connectivity index is 1.63. The summed E-state index contributed by atoms with van der Waals surface area (Å²) in [5.41, 5.74) is 4.12. The van der Waals surface area contributed by atoms with Crippen molar-refractivity contribution in [1.29, 1.82) is 0 Å². The van der Waals surface area contributed by atoms with Crippen LogP contribution in [0.15, 0.2) is 66.7 Å². The molecular weight excluding hydrogens is 422 g/mol. The molecule has 0 atom stereocenters. The molecule has 5 nitrogen and oxygen atoms in total. The highest BCUT2D eigenvalue weighted by atomic mass is 35.5. The maximum Gasteiger partial charge on any atom is 0.257 e. The molecule has 3 aromatic carbocycles. The predicted molar refractivity (Wildman–Crippen MR) is 131 cm³/mol. The van der Waals surface area contributed by atoms with Gasteiger partial charge in [0.15, 0.2) is 0 Å². The first-order valence-electron chi connectivity index (χ1n) is 10.8. The molecule has 4 rings (SSSR count). The first-order chi connectivity index (χ1) is 15.5. The Morgan fingerprint density at radius 2 is 1.47 bits per heavy atom. The zero-order valence-electron chi connectivity index (χ0n) is 18.0. The van der Waals surface area contributed by atoms with Crippen LogP contribution in [0.3, 0.4) is 0 Å². The van der Waals surface area contributed by atoms with Crippen LogP contribution in [0.2, 0.25) is 5.02 Å². The summed E-state index contributed by atoms with van der Waals surface area (Å²) >= 11 is 6.23. The van der Waals surface area contributed by atoms with Gasteiger partial charge in [-0.2, -0.15) is 0 Å². The summed E-state index contributed by atoms with van der Waals surface area (Å²) in [6.45, 7) is 3.74. The highest BCUT2D eigenvalue weighted by molar-refractivity contribution is 6.31. The van der Waals surface area contributed by atoms with Crippen molar-refractivity contribution in [3.05, 3.63) is 88.4 Å². The zero-order valence-corrected chi connectivity index (χ0v) is 18.8. The van der Waals surface area contributed by atoms with Crippen LogP contribution in [0, 0.1) is 6.92 Å². The van der Waals surface area contributed by atoms with Crippen LogP contribution >= 0.6 is 11.6 Å². The summed E-state index contributed by atoms with van der Waals surface area (Å²) in [6.07, 6.45) is 3.40. The topological polar surface area (TPSA) is 61.4 Å². The Morgan fingerprint density at radius 1 is 0.812 bits per heavy atom. The lowest BCUT2D eigenvalue weighted by atomic mass is 10.1. The van der Waals surface area contributed by atoms with Crippen LogP contribution in [0.4, 0.5) is 17.1 Å². The molecular formula is C26H26ClN3O2. The van der Waals surface area contributed by atoms with Crippen molar-refractivity contribution >= 4 is 40.5 Å². The minimum absolute atomic E-state index is 0.215. The van der Waals surface area contributed by atoms with Crippen molar-refractivity contribution in [3.63, 3.8) is 0 Å². The van der Waals surface area contributed by atoms with Crippen molar-refractivity contribution in [2.45, 2.75) is 26.2 Å². The van der Waals surface area contributed by atoms with Gasteiger partial charge in [0, 0.05) is 40.7 Å². The van der Waals surface area contributed by atoms with E-state index in [-0.39, 0.29) is 11.8 Å². The number of halogens is 1. The second kappa shape index (κ2) is 9.88. The smallest absolute Gasteiger partial charge is 0.257 e. The van der Waals surface area contributed by atoms with E-state index >= 15 is 0 Å². The Morgan fingerprint density at radius 3 is 2.19 bits per heavy atom. The Labute approximate surface area is 193 Å². The molecule has 0 saturated carbocycles. The number of piperidine rings is 1. The molecule has 2 amide bonds. The zero-order chi connectivity index (χ0) is 22.5. The monoisotopic (exact) mass is 447 g/mol. The van der Waals surface area contributed by atoms with Crippen LogP contribution in [0.5, 0.6) is 0 Å². The molecule has 6 heteroatoms. The van der Waals surface area contributed by atoms with Crippen molar-refractivity contribution in [2.75, 3.05) is 28.6 Å². The number of hydrogen-bond acceptors (Lipinski definition) is 3.